The number of benzene rings is 2. The average molecular weight is 373 g/mol. The van der Waals surface area contributed by atoms with Crippen molar-refractivity contribution >= 4 is 58.1 Å². The summed E-state index contributed by atoms with van der Waals surface area (Å²) in [6, 6.07) is 10.9. The molecule has 0 spiro atoms. The van der Waals surface area contributed by atoms with Gasteiger partial charge in [0.2, 0.25) is 5.91 Å². The lowest BCUT2D eigenvalue weighted by atomic mass is 10.3. The molecule has 3 amide bonds. The SMILES string of the molecule is O=C(CNC(=O)Nc1ccccc1Cl)Nc1cc(Cl)ccc1Cl. The molecule has 2 aromatic rings. The first-order valence-electron chi connectivity index (χ1n) is 6.50. The number of carbonyl (C=O) groups is 2. The first-order chi connectivity index (χ1) is 11.0. The van der Waals surface area contributed by atoms with Crippen LogP contribution in [0.2, 0.25) is 15.1 Å². The molecule has 0 heterocycles. The van der Waals surface area contributed by atoms with E-state index in [1.54, 1.807) is 36.4 Å². The Morgan fingerprint density at radius 2 is 1.57 bits per heavy atom. The van der Waals surface area contributed by atoms with Gasteiger partial charge in [-0.2, -0.15) is 0 Å². The molecule has 0 aliphatic carbocycles. The topological polar surface area (TPSA) is 70.2 Å². The van der Waals surface area contributed by atoms with Crippen LogP contribution in [0, 0.1) is 0 Å². The third kappa shape index (κ3) is 5.32. The second kappa shape index (κ2) is 8.06. The van der Waals surface area contributed by atoms with Crippen molar-refractivity contribution < 1.29 is 9.59 Å². The van der Waals surface area contributed by atoms with Crippen LogP contribution in [0.4, 0.5) is 16.2 Å². The van der Waals surface area contributed by atoms with Crippen molar-refractivity contribution in [2.45, 2.75) is 0 Å². The number of para-hydroxylation sites is 1. The molecule has 2 aromatic carbocycles. The third-order valence-electron chi connectivity index (χ3n) is 2.73. The summed E-state index contributed by atoms with van der Waals surface area (Å²) < 4.78 is 0. The molecule has 120 valence electrons. The van der Waals surface area contributed by atoms with E-state index in [1.807, 2.05) is 0 Å². The van der Waals surface area contributed by atoms with E-state index in [0.29, 0.717) is 26.4 Å². The largest absolute Gasteiger partial charge is 0.329 e. The minimum Gasteiger partial charge on any atom is -0.329 e. The van der Waals surface area contributed by atoms with E-state index in [1.165, 1.54) is 6.07 Å². The fraction of sp³-hybridized carbons (Fsp3) is 0.0667. The van der Waals surface area contributed by atoms with E-state index in [0.717, 1.165) is 0 Å². The first kappa shape index (κ1) is 17.4. The Hall–Kier alpha value is -1.95. The van der Waals surface area contributed by atoms with E-state index < -0.39 is 11.9 Å². The minimum absolute atomic E-state index is 0.237. The van der Waals surface area contributed by atoms with Gasteiger partial charge in [-0.15, -0.1) is 0 Å². The number of nitrogens with one attached hydrogen (secondary N) is 3. The number of rotatable bonds is 4. The standard InChI is InChI=1S/C15H12Cl3N3O2/c16-9-5-6-11(18)13(7-9)20-14(22)8-19-15(23)21-12-4-2-1-3-10(12)17/h1-7H,8H2,(H,20,22)(H2,19,21,23). The lowest BCUT2D eigenvalue weighted by Gasteiger charge is -2.10. The monoisotopic (exact) mass is 371 g/mol. The predicted octanol–water partition coefficient (Wildman–Crippen LogP) is 4.41. The van der Waals surface area contributed by atoms with Crippen molar-refractivity contribution in [1.82, 2.24) is 5.32 Å². The molecule has 5 nitrogen and oxygen atoms in total. The van der Waals surface area contributed by atoms with Gasteiger partial charge < -0.3 is 16.0 Å². The molecule has 2 rings (SSSR count). The van der Waals surface area contributed by atoms with Gasteiger partial charge in [-0.3, -0.25) is 4.79 Å². The van der Waals surface area contributed by atoms with Crippen LogP contribution in [0.25, 0.3) is 0 Å². The fourth-order valence-electron chi connectivity index (χ4n) is 1.68. The summed E-state index contributed by atoms with van der Waals surface area (Å²) in [6.45, 7) is -0.237. The van der Waals surface area contributed by atoms with Crippen LogP contribution in [0.3, 0.4) is 0 Å². The number of urea groups is 1. The molecule has 0 fully saturated rings. The number of hydrogen-bond donors (Lipinski definition) is 3. The van der Waals surface area contributed by atoms with Crippen LogP contribution in [0.1, 0.15) is 0 Å². The average Bonchev–Trinajstić information content (AvgIpc) is 2.51. The van der Waals surface area contributed by atoms with Crippen LogP contribution < -0.4 is 16.0 Å². The molecular weight excluding hydrogens is 361 g/mol. The van der Waals surface area contributed by atoms with Gasteiger partial charge in [-0.25, -0.2) is 4.79 Å². The van der Waals surface area contributed by atoms with Gasteiger partial charge >= 0.3 is 6.03 Å². The van der Waals surface area contributed by atoms with Crippen LogP contribution in [0.15, 0.2) is 42.5 Å². The van der Waals surface area contributed by atoms with Gasteiger partial charge in [0.1, 0.15) is 0 Å². The molecule has 0 unspecified atom stereocenters. The summed E-state index contributed by atoms with van der Waals surface area (Å²) in [5, 5.41) is 8.70. The van der Waals surface area contributed by atoms with E-state index in [-0.39, 0.29) is 6.54 Å². The number of hydrogen-bond acceptors (Lipinski definition) is 2. The van der Waals surface area contributed by atoms with Crippen LogP contribution in [0.5, 0.6) is 0 Å². The molecule has 0 saturated carbocycles. The first-order valence-corrected chi connectivity index (χ1v) is 7.63. The zero-order valence-electron chi connectivity index (χ0n) is 11.7. The fourth-order valence-corrected chi connectivity index (χ4v) is 2.20. The van der Waals surface area contributed by atoms with Gasteiger partial charge in [0.25, 0.3) is 0 Å². The number of amides is 3. The third-order valence-corrected chi connectivity index (χ3v) is 3.63. The van der Waals surface area contributed by atoms with Crippen LogP contribution in [-0.4, -0.2) is 18.5 Å². The molecule has 3 N–H and O–H groups in total. The number of anilines is 2. The summed E-state index contributed by atoms with van der Waals surface area (Å²) in [5.41, 5.74) is 0.822. The molecule has 0 aliphatic heterocycles. The normalized spacial score (nSPS) is 10.0. The van der Waals surface area contributed by atoms with Gasteiger partial charge in [-0.1, -0.05) is 46.9 Å². The maximum absolute atomic E-state index is 11.8. The van der Waals surface area contributed by atoms with Gasteiger partial charge in [0.05, 0.1) is 28.0 Å². The predicted molar refractivity (Wildman–Crippen MR) is 93.6 cm³/mol. The van der Waals surface area contributed by atoms with E-state index in [2.05, 4.69) is 16.0 Å². The molecule has 0 atom stereocenters. The second-order valence-electron chi connectivity index (χ2n) is 4.46. The molecule has 0 bridgehead atoms. The zero-order valence-corrected chi connectivity index (χ0v) is 14.0. The Labute approximate surface area is 147 Å². The van der Waals surface area contributed by atoms with Gasteiger partial charge in [-0.05, 0) is 30.3 Å². The summed E-state index contributed by atoms with van der Waals surface area (Å²) in [7, 11) is 0. The van der Waals surface area contributed by atoms with Crippen molar-refractivity contribution in [1.29, 1.82) is 0 Å². The Morgan fingerprint density at radius 1 is 0.870 bits per heavy atom. The second-order valence-corrected chi connectivity index (χ2v) is 5.71. The maximum Gasteiger partial charge on any atom is 0.319 e. The van der Waals surface area contributed by atoms with Gasteiger partial charge in [0, 0.05) is 5.02 Å². The van der Waals surface area contributed by atoms with Crippen LogP contribution in [-0.2, 0) is 4.79 Å². The summed E-state index contributed by atoms with van der Waals surface area (Å²) in [5.74, 6) is -0.441. The highest BCUT2D eigenvalue weighted by molar-refractivity contribution is 6.35. The Morgan fingerprint density at radius 3 is 2.30 bits per heavy atom. The highest BCUT2D eigenvalue weighted by Gasteiger charge is 2.09. The Bertz CT molecular complexity index is 738. The summed E-state index contributed by atoms with van der Waals surface area (Å²) >= 11 is 17.7. The van der Waals surface area contributed by atoms with E-state index in [4.69, 9.17) is 34.8 Å². The van der Waals surface area contributed by atoms with Crippen molar-refractivity contribution in [3.8, 4) is 0 Å². The Balaban J connectivity index is 1.85. The van der Waals surface area contributed by atoms with Crippen molar-refractivity contribution in [2.24, 2.45) is 0 Å². The lowest BCUT2D eigenvalue weighted by molar-refractivity contribution is -0.115. The quantitative estimate of drug-likeness (QED) is 0.744. The summed E-state index contributed by atoms with van der Waals surface area (Å²) in [6.07, 6.45) is 0. The smallest absolute Gasteiger partial charge is 0.319 e. The molecule has 0 saturated heterocycles. The highest BCUT2D eigenvalue weighted by Crippen LogP contribution is 2.25. The summed E-state index contributed by atoms with van der Waals surface area (Å²) in [4.78, 5) is 23.6. The lowest BCUT2D eigenvalue weighted by Crippen LogP contribution is -2.35. The van der Waals surface area contributed by atoms with E-state index >= 15 is 0 Å². The zero-order chi connectivity index (χ0) is 16.8. The molecule has 8 heteroatoms. The molecular formula is C15H12Cl3N3O2. The molecule has 0 aliphatic rings. The van der Waals surface area contributed by atoms with Crippen LogP contribution >= 0.6 is 34.8 Å². The van der Waals surface area contributed by atoms with Crippen molar-refractivity contribution in [3.05, 3.63) is 57.5 Å². The maximum atomic E-state index is 11.8. The number of carbonyl (C=O) groups excluding carboxylic acids is 2. The van der Waals surface area contributed by atoms with Crippen molar-refractivity contribution in [3.63, 3.8) is 0 Å². The highest BCUT2D eigenvalue weighted by atomic mass is 35.5. The van der Waals surface area contributed by atoms with E-state index in [9.17, 15) is 9.59 Å². The van der Waals surface area contributed by atoms with Crippen molar-refractivity contribution in [2.75, 3.05) is 17.2 Å². The van der Waals surface area contributed by atoms with Gasteiger partial charge in [0.15, 0.2) is 0 Å². The Kier molecular flexibility index (Phi) is 6.10. The molecule has 0 aromatic heterocycles. The minimum atomic E-state index is -0.551. The molecule has 23 heavy (non-hydrogen) atoms. The number of halogens is 3. The molecule has 0 radical (unpaired) electrons.